The summed E-state index contributed by atoms with van der Waals surface area (Å²) in [6, 6.07) is 9.96. The molecule has 2 unspecified atom stereocenters. The molecule has 0 radical (unpaired) electrons. The summed E-state index contributed by atoms with van der Waals surface area (Å²) >= 11 is 0. The Morgan fingerprint density at radius 1 is 1.29 bits per heavy atom. The summed E-state index contributed by atoms with van der Waals surface area (Å²) in [7, 11) is 0. The molecule has 0 spiro atoms. The molecule has 0 aliphatic rings. The second kappa shape index (κ2) is 7.93. The van der Waals surface area contributed by atoms with E-state index in [1.54, 1.807) is 24.5 Å². The number of nitrogens with one attached hydrogen (secondary N) is 1. The molecule has 0 bridgehead atoms. The number of rotatable bonds is 8. The van der Waals surface area contributed by atoms with Crippen molar-refractivity contribution in [1.82, 2.24) is 5.32 Å². The quantitative estimate of drug-likeness (QED) is 0.785. The molecule has 1 aromatic carbocycles. The van der Waals surface area contributed by atoms with Gasteiger partial charge in [-0.15, -0.1) is 0 Å². The van der Waals surface area contributed by atoms with Crippen LogP contribution in [0, 0.1) is 5.82 Å². The Labute approximate surface area is 123 Å². The Balaban J connectivity index is 1.66. The summed E-state index contributed by atoms with van der Waals surface area (Å²) in [5.41, 5.74) is 0.972. The van der Waals surface area contributed by atoms with Crippen LogP contribution in [0.4, 0.5) is 4.39 Å². The van der Waals surface area contributed by atoms with Crippen molar-refractivity contribution in [3.05, 3.63) is 59.8 Å². The standard InChI is InChI=1S/C16H20FNO3/c1-12(13-4-6-14(17)7-5-13)18-9-15(19)10-20-11-16-3-2-8-21-16/h2-8,12,15,18-19H,9-11H2,1H3. The Morgan fingerprint density at radius 2 is 2.05 bits per heavy atom. The van der Waals surface area contributed by atoms with Crippen LogP contribution in [0.5, 0.6) is 0 Å². The highest BCUT2D eigenvalue weighted by molar-refractivity contribution is 5.19. The second-order valence-corrected chi connectivity index (χ2v) is 4.93. The molecule has 2 rings (SSSR count). The van der Waals surface area contributed by atoms with E-state index < -0.39 is 6.10 Å². The van der Waals surface area contributed by atoms with E-state index in [0.717, 1.165) is 11.3 Å². The molecular weight excluding hydrogens is 273 g/mol. The average molecular weight is 293 g/mol. The predicted octanol–water partition coefficient (Wildman–Crippen LogP) is 2.65. The zero-order valence-electron chi connectivity index (χ0n) is 12.0. The lowest BCUT2D eigenvalue weighted by Gasteiger charge is -2.17. The van der Waals surface area contributed by atoms with E-state index in [-0.39, 0.29) is 18.5 Å². The van der Waals surface area contributed by atoms with Crippen LogP contribution in [0.3, 0.4) is 0 Å². The van der Waals surface area contributed by atoms with E-state index in [9.17, 15) is 9.50 Å². The van der Waals surface area contributed by atoms with Crippen LogP contribution in [-0.4, -0.2) is 24.4 Å². The summed E-state index contributed by atoms with van der Waals surface area (Å²) in [5, 5.41) is 13.0. The number of ether oxygens (including phenoxy) is 1. The first-order valence-corrected chi connectivity index (χ1v) is 6.92. The molecule has 1 aromatic heterocycles. The van der Waals surface area contributed by atoms with Gasteiger partial charge in [0.05, 0.1) is 19.0 Å². The Morgan fingerprint density at radius 3 is 2.71 bits per heavy atom. The molecule has 1 heterocycles. The van der Waals surface area contributed by atoms with E-state index in [1.807, 2.05) is 13.0 Å². The average Bonchev–Trinajstić information content (AvgIpc) is 2.99. The fourth-order valence-corrected chi connectivity index (χ4v) is 1.93. The van der Waals surface area contributed by atoms with Gasteiger partial charge in [-0.25, -0.2) is 4.39 Å². The maximum atomic E-state index is 12.8. The lowest BCUT2D eigenvalue weighted by atomic mass is 10.1. The molecule has 0 saturated heterocycles. The van der Waals surface area contributed by atoms with Crippen molar-refractivity contribution in [2.24, 2.45) is 0 Å². The molecule has 0 saturated carbocycles. The maximum absolute atomic E-state index is 12.8. The van der Waals surface area contributed by atoms with Crippen LogP contribution < -0.4 is 5.32 Å². The van der Waals surface area contributed by atoms with E-state index in [2.05, 4.69) is 5.32 Å². The molecule has 0 fully saturated rings. The third kappa shape index (κ3) is 5.30. The summed E-state index contributed by atoms with van der Waals surface area (Å²) in [4.78, 5) is 0. The van der Waals surface area contributed by atoms with Crippen molar-refractivity contribution in [2.45, 2.75) is 25.7 Å². The normalized spacial score (nSPS) is 14.0. The molecule has 0 aliphatic carbocycles. The molecule has 2 aromatic rings. The van der Waals surface area contributed by atoms with Crippen molar-refractivity contribution in [2.75, 3.05) is 13.2 Å². The SMILES string of the molecule is CC(NCC(O)COCc1ccco1)c1ccc(F)cc1. The zero-order chi connectivity index (χ0) is 15.1. The van der Waals surface area contributed by atoms with Gasteiger partial charge in [0.15, 0.2) is 0 Å². The predicted molar refractivity (Wildman–Crippen MR) is 77.2 cm³/mol. The van der Waals surface area contributed by atoms with Crippen LogP contribution in [0.2, 0.25) is 0 Å². The number of hydrogen-bond acceptors (Lipinski definition) is 4. The molecule has 0 aliphatic heterocycles. The van der Waals surface area contributed by atoms with E-state index in [4.69, 9.17) is 9.15 Å². The van der Waals surface area contributed by atoms with Crippen molar-refractivity contribution in [3.8, 4) is 0 Å². The van der Waals surface area contributed by atoms with Gasteiger partial charge in [-0.05, 0) is 36.8 Å². The summed E-state index contributed by atoms with van der Waals surface area (Å²) in [6.07, 6.45) is 0.976. The number of aliphatic hydroxyl groups excluding tert-OH is 1. The van der Waals surface area contributed by atoms with Crippen LogP contribution >= 0.6 is 0 Å². The fraction of sp³-hybridized carbons (Fsp3) is 0.375. The van der Waals surface area contributed by atoms with Crippen LogP contribution in [0.15, 0.2) is 47.1 Å². The lowest BCUT2D eigenvalue weighted by Crippen LogP contribution is -2.32. The number of furan rings is 1. The van der Waals surface area contributed by atoms with Gasteiger partial charge in [-0.1, -0.05) is 12.1 Å². The fourth-order valence-electron chi connectivity index (χ4n) is 1.93. The zero-order valence-corrected chi connectivity index (χ0v) is 12.0. The van der Waals surface area contributed by atoms with Gasteiger partial charge in [-0.3, -0.25) is 0 Å². The largest absolute Gasteiger partial charge is 0.467 e. The highest BCUT2D eigenvalue weighted by atomic mass is 19.1. The van der Waals surface area contributed by atoms with E-state index >= 15 is 0 Å². The van der Waals surface area contributed by atoms with Gasteiger partial charge in [0.2, 0.25) is 0 Å². The Bertz CT molecular complexity index is 513. The van der Waals surface area contributed by atoms with Crippen molar-refractivity contribution < 1.29 is 18.7 Å². The Kier molecular flexibility index (Phi) is 5.92. The van der Waals surface area contributed by atoms with E-state index in [1.165, 1.54) is 12.1 Å². The van der Waals surface area contributed by atoms with Crippen LogP contribution in [-0.2, 0) is 11.3 Å². The first-order valence-electron chi connectivity index (χ1n) is 6.92. The number of aliphatic hydroxyl groups is 1. The van der Waals surface area contributed by atoms with Crippen molar-refractivity contribution >= 4 is 0 Å². The lowest BCUT2D eigenvalue weighted by molar-refractivity contribution is 0.0217. The molecule has 21 heavy (non-hydrogen) atoms. The minimum atomic E-state index is -0.608. The molecule has 4 nitrogen and oxygen atoms in total. The number of halogens is 1. The molecule has 2 N–H and O–H groups in total. The third-order valence-corrected chi connectivity index (χ3v) is 3.16. The highest BCUT2D eigenvalue weighted by Gasteiger charge is 2.09. The number of benzene rings is 1. The number of hydrogen-bond donors (Lipinski definition) is 2. The molecule has 5 heteroatoms. The third-order valence-electron chi connectivity index (χ3n) is 3.16. The van der Waals surface area contributed by atoms with Gasteiger partial charge >= 0.3 is 0 Å². The highest BCUT2D eigenvalue weighted by Crippen LogP contribution is 2.12. The monoisotopic (exact) mass is 293 g/mol. The minimum absolute atomic E-state index is 0.0327. The first kappa shape index (κ1) is 15.7. The summed E-state index contributed by atoms with van der Waals surface area (Å²) in [6.45, 7) is 2.93. The minimum Gasteiger partial charge on any atom is -0.467 e. The van der Waals surface area contributed by atoms with Crippen molar-refractivity contribution in [3.63, 3.8) is 0 Å². The molecule has 0 amide bonds. The summed E-state index contributed by atoms with van der Waals surface area (Å²) in [5.74, 6) is 0.479. The second-order valence-electron chi connectivity index (χ2n) is 4.93. The van der Waals surface area contributed by atoms with Gasteiger partial charge < -0.3 is 19.6 Å². The Hall–Kier alpha value is -1.69. The summed E-state index contributed by atoms with van der Waals surface area (Å²) < 4.78 is 23.3. The van der Waals surface area contributed by atoms with Crippen LogP contribution in [0.25, 0.3) is 0 Å². The smallest absolute Gasteiger partial charge is 0.129 e. The van der Waals surface area contributed by atoms with Gasteiger partial charge in [0, 0.05) is 12.6 Å². The van der Waals surface area contributed by atoms with Crippen molar-refractivity contribution in [1.29, 1.82) is 0 Å². The first-order chi connectivity index (χ1) is 10.1. The molecular formula is C16H20FNO3. The van der Waals surface area contributed by atoms with Gasteiger partial charge in [-0.2, -0.15) is 0 Å². The topological polar surface area (TPSA) is 54.6 Å². The van der Waals surface area contributed by atoms with Gasteiger partial charge in [0.1, 0.15) is 18.2 Å². The van der Waals surface area contributed by atoms with Gasteiger partial charge in [0.25, 0.3) is 0 Å². The maximum Gasteiger partial charge on any atom is 0.129 e. The molecule has 2 atom stereocenters. The van der Waals surface area contributed by atoms with E-state index in [0.29, 0.717) is 13.2 Å². The van der Waals surface area contributed by atoms with Crippen LogP contribution in [0.1, 0.15) is 24.3 Å². The molecule has 114 valence electrons.